The molecule has 1 aliphatic rings. The molecule has 1 aromatic rings. The Labute approximate surface area is 130 Å². The van der Waals surface area contributed by atoms with Gasteiger partial charge < -0.3 is 9.64 Å². The first-order valence-electron chi connectivity index (χ1n) is 8.70. The Morgan fingerprint density at radius 3 is 2.71 bits per heavy atom. The highest BCUT2D eigenvalue weighted by atomic mass is 16.5. The number of likely N-dealkylation sites (tertiary alicyclic amines) is 1. The summed E-state index contributed by atoms with van der Waals surface area (Å²) in [5, 5.41) is 0. The van der Waals surface area contributed by atoms with Crippen LogP contribution in [0.25, 0.3) is 0 Å². The number of unbranched alkanes of at least 4 members (excludes halogenated alkanes) is 3. The average Bonchev–Trinajstić information content (AvgIpc) is 2.50. The number of aryl methyl sites for hydroxylation is 1. The predicted octanol–water partition coefficient (Wildman–Crippen LogP) is 4.81. The molecule has 0 saturated carbocycles. The Balaban J connectivity index is 1.49. The first kappa shape index (κ1) is 16.4. The van der Waals surface area contributed by atoms with Crippen LogP contribution < -0.4 is 4.74 Å². The lowest BCUT2D eigenvalue weighted by Crippen LogP contribution is -2.37. The van der Waals surface area contributed by atoms with E-state index in [4.69, 9.17) is 4.74 Å². The lowest BCUT2D eigenvalue weighted by atomic mass is 10.0. The highest BCUT2D eigenvalue weighted by molar-refractivity contribution is 5.31. The van der Waals surface area contributed by atoms with Crippen LogP contribution in [0.15, 0.2) is 24.3 Å². The number of hydrogen-bond acceptors (Lipinski definition) is 2. The zero-order valence-corrected chi connectivity index (χ0v) is 13.8. The van der Waals surface area contributed by atoms with Crippen molar-refractivity contribution < 1.29 is 4.74 Å². The van der Waals surface area contributed by atoms with Crippen LogP contribution in [-0.2, 0) is 0 Å². The minimum atomic E-state index is 0.808. The molecule has 21 heavy (non-hydrogen) atoms. The molecule has 2 nitrogen and oxygen atoms in total. The third-order valence-electron chi connectivity index (χ3n) is 4.63. The molecule has 0 radical (unpaired) electrons. The van der Waals surface area contributed by atoms with Gasteiger partial charge in [0.15, 0.2) is 0 Å². The molecule has 118 valence electrons. The number of nitrogens with zero attached hydrogens (tertiary/aromatic N) is 1. The van der Waals surface area contributed by atoms with Gasteiger partial charge in [-0.2, -0.15) is 0 Å². The maximum absolute atomic E-state index is 5.84. The fourth-order valence-corrected chi connectivity index (χ4v) is 3.16. The zero-order valence-electron chi connectivity index (χ0n) is 13.8. The van der Waals surface area contributed by atoms with Crippen LogP contribution in [0, 0.1) is 6.92 Å². The third-order valence-corrected chi connectivity index (χ3v) is 4.63. The quantitative estimate of drug-likeness (QED) is 0.637. The van der Waals surface area contributed by atoms with Crippen molar-refractivity contribution >= 4 is 0 Å². The van der Waals surface area contributed by atoms with Gasteiger partial charge in [0.25, 0.3) is 0 Å². The van der Waals surface area contributed by atoms with Gasteiger partial charge in [-0.3, -0.25) is 0 Å². The fraction of sp³-hybridized carbons (Fsp3) is 0.684. The lowest BCUT2D eigenvalue weighted by Gasteiger charge is -2.33. The van der Waals surface area contributed by atoms with Gasteiger partial charge in [0.05, 0.1) is 6.61 Å². The molecular formula is C19H31NO. The molecule has 2 rings (SSSR count). The molecular weight excluding hydrogens is 258 g/mol. The summed E-state index contributed by atoms with van der Waals surface area (Å²) in [7, 11) is 0. The zero-order chi connectivity index (χ0) is 14.9. The van der Waals surface area contributed by atoms with Gasteiger partial charge >= 0.3 is 0 Å². The number of rotatable bonds is 8. The molecule has 0 N–H and O–H groups in total. The summed E-state index contributed by atoms with van der Waals surface area (Å²) in [5.74, 6) is 1.04. The lowest BCUT2D eigenvalue weighted by molar-refractivity contribution is 0.157. The summed E-state index contributed by atoms with van der Waals surface area (Å²) in [6, 6.07) is 9.08. The van der Waals surface area contributed by atoms with Gasteiger partial charge in [-0.15, -0.1) is 0 Å². The monoisotopic (exact) mass is 289 g/mol. The van der Waals surface area contributed by atoms with Gasteiger partial charge in [-0.05, 0) is 64.3 Å². The number of piperidine rings is 1. The van der Waals surface area contributed by atoms with E-state index in [2.05, 4.69) is 36.9 Å². The van der Waals surface area contributed by atoms with E-state index in [0.717, 1.165) is 18.4 Å². The Hall–Kier alpha value is -1.02. The van der Waals surface area contributed by atoms with Crippen LogP contribution in [0.5, 0.6) is 5.75 Å². The van der Waals surface area contributed by atoms with Crippen LogP contribution in [0.2, 0.25) is 0 Å². The number of para-hydroxylation sites is 1. The maximum atomic E-state index is 5.84. The van der Waals surface area contributed by atoms with E-state index in [9.17, 15) is 0 Å². The molecule has 0 aromatic heterocycles. The third kappa shape index (κ3) is 5.70. The van der Waals surface area contributed by atoms with Crippen LogP contribution in [0.1, 0.15) is 57.4 Å². The number of benzene rings is 1. The van der Waals surface area contributed by atoms with Crippen molar-refractivity contribution in [2.75, 3.05) is 19.7 Å². The van der Waals surface area contributed by atoms with Crippen molar-refractivity contribution in [1.29, 1.82) is 0 Å². The van der Waals surface area contributed by atoms with E-state index in [1.54, 1.807) is 0 Å². The Bertz CT molecular complexity index is 404. The summed E-state index contributed by atoms with van der Waals surface area (Å²) in [5.41, 5.74) is 1.23. The molecule has 0 bridgehead atoms. The molecule has 0 amide bonds. The van der Waals surface area contributed by atoms with Gasteiger partial charge in [0.2, 0.25) is 0 Å². The van der Waals surface area contributed by atoms with E-state index in [1.807, 2.05) is 6.07 Å². The second-order valence-corrected chi connectivity index (χ2v) is 6.41. The fourth-order valence-electron chi connectivity index (χ4n) is 3.16. The van der Waals surface area contributed by atoms with Crippen molar-refractivity contribution in [2.24, 2.45) is 0 Å². The van der Waals surface area contributed by atoms with Crippen molar-refractivity contribution in [3.63, 3.8) is 0 Å². The van der Waals surface area contributed by atoms with Gasteiger partial charge in [-0.1, -0.05) is 37.5 Å². The minimum Gasteiger partial charge on any atom is -0.493 e. The maximum Gasteiger partial charge on any atom is 0.122 e. The topological polar surface area (TPSA) is 12.5 Å². The summed E-state index contributed by atoms with van der Waals surface area (Å²) >= 11 is 0. The number of ether oxygens (including phenoxy) is 1. The average molecular weight is 289 g/mol. The molecule has 0 aliphatic carbocycles. The molecule has 2 heteroatoms. The largest absolute Gasteiger partial charge is 0.493 e. The molecule has 1 fully saturated rings. The number of hydrogen-bond donors (Lipinski definition) is 0. The SMILES string of the molecule is Cc1ccccc1OCCCCCCN1CCCC[C@@H]1C. The van der Waals surface area contributed by atoms with Crippen LogP contribution in [-0.4, -0.2) is 30.6 Å². The molecule has 1 atom stereocenters. The first-order valence-corrected chi connectivity index (χ1v) is 8.70. The van der Waals surface area contributed by atoms with Crippen molar-refractivity contribution in [2.45, 2.75) is 64.8 Å². The molecule has 1 aliphatic heterocycles. The first-order chi connectivity index (χ1) is 10.3. The van der Waals surface area contributed by atoms with Crippen molar-refractivity contribution in [3.05, 3.63) is 29.8 Å². The minimum absolute atomic E-state index is 0.808. The summed E-state index contributed by atoms with van der Waals surface area (Å²) in [6.45, 7) is 7.95. The van der Waals surface area contributed by atoms with E-state index in [0.29, 0.717) is 0 Å². The predicted molar refractivity (Wildman–Crippen MR) is 90.0 cm³/mol. The molecule has 0 spiro atoms. The molecule has 1 saturated heterocycles. The van der Waals surface area contributed by atoms with E-state index in [-0.39, 0.29) is 0 Å². The van der Waals surface area contributed by atoms with E-state index < -0.39 is 0 Å². The van der Waals surface area contributed by atoms with Crippen LogP contribution in [0.3, 0.4) is 0 Å². The molecule has 1 heterocycles. The van der Waals surface area contributed by atoms with E-state index >= 15 is 0 Å². The highest BCUT2D eigenvalue weighted by Crippen LogP contribution is 2.18. The normalized spacial score (nSPS) is 19.6. The molecule has 0 unspecified atom stereocenters. The molecule has 1 aromatic carbocycles. The van der Waals surface area contributed by atoms with Gasteiger partial charge in [0, 0.05) is 6.04 Å². The van der Waals surface area contributed by atoms with Crippen LogP contribution in [0.4, 0.5) is 0 Å². The smallest absolute Gasteiger partial charge is 0.122 e. The van der Waals surface area contributed by atoms with Crippen LogP contribution >= 0.6 is 0 Å². The van der Waals surface area contributed by atoms with E-state index in [1.165, 1.54) is 63.6 Å². The van der Waals surface area contributed by atoms with Crippen molar-refractivity contribution in [1.82, 2.24) is 4.90 Å². The highest BCUT2D eigenvalue weighted by Gasteiger charge is 2.16. The standard InChI is InChI=1S/C19H31NO/c1-17-11-5-6-13-19(17)21-16-10-4-3-8-14-20-15-9-7-12-18(20)2/h5-6,11,13,18H,3-4,7-10,12,14-16H2,1-2H3/t18-/m0/s1. The second kappa shape index (κ2) is 9.09. The summed E-state index contributed by atoms with van der Waals surface area (Å²) in [4.78, 5) is 2.67. The second-order valence-electron chi connectivity index (χ2n) is 6.41. The Morgan fingerprint density at radius 2 is 1.90 bits per heavy atom. The Morgan fingerprint density at radius 1 is 1.10 bits per heavy atom. The van der Waals surface area contributed by atoms with Gasteiger partial charge in [0.1, 0.15) is 5.75 Å². The van der Waals surface area contributed by atoms with Crippen molar-refractivity contribution in [3.8, 4) is 5.75 Å². The Kier molecular flexibility index (Phi) is 7.08. The van der Waals surface area contributed by atoms with Gasteiger partial charge in [-0.25, -0.2) is 0 Å². The summed E-state index contributed by atoms with van der Waals surface area (Å²) in [6.07, 6.45) is 9.35. The summed E-state index contributed by atoms with van der Waals surface area (Å²) < 4.78 is 5.84.